The number of hydrogen-bond donors (Lipinski definition) is 1. The minimum Gasteiger partial charge on any atom is -0.507 e. The van der Waals surface area contributed by atoms with E-state index in [0.717, 1.165) is 17.8 Å². The normalized spacial score (nSPS) is 17.9. The van der Waals surface area contributed by atoms with Gasteiger partial charge in [0.1, 0.15) is 24.7 Å². The highest BCUT2D eigenvalue weighted by atomic mass is 32.1. The Morgan fingerprint density at radius 3 is 2.60 bits per heavy atom. The Bertz CT molecular complexity index is 1520. The standard InChI is InChI=1S/C30H30N2O7S/c1-16(2)10-11-37-21-7-5-6-19(14-21)25-24(26(34)20-8-9-22-23(15-20)39-13-12-38-22)27(35)29(36)32(25)30-31-17(3)28(40-30)18(4)33/h5-9,14-16,25,34H,10-13H2,1-4H3/b26-24+. The van der Waals surface area contributed by atoms with Gasteiger partial charge in [-0.3, -0.25) is 19.3 Å². The second-order valence-corrected chi connectivity index (χ2v) is 11.1. The summed E-state index contributed by atoms with van der Waals surface area (Å²) >= 11 is 1.04. The Morgan fingerprint density at radius 2 is 1.90 bits per heavy atom. The van der Waals surface area contributed by atoms with Crippen LogP contribution in [-0.2, 0) is 9.59 Å². The van der Waals surface area contributed by atoms with Crippen molar-refractivity contribution in [1.29, 1.82) is 0 Å². The smallest absolute Gasteiger partial charge is 0.301 e. The molecule has 2 aliphatic rings. The number of rotatable bonds is 8. The molecule has 2 aromatic carbocycles. The zero-order valence-electron chi connectivity index (χ0n) is 22.7. The predicted molar refractivity (Wildman–Crippen MR) is 150 cm³/mol. The van der Waals surface area contributed by atoms with E-state index in [2.05, 4.69) is 18.8 Å². The fourth-order valence-electron chi connectivity index (χ4n) is 4.69. The third-order valence-electron chi connectivity index (χ3n) is 6.71. The number of thiazole rings is 1. The van der Waals surface area contributed by atoms with Gasteiger partial charge in [-0.2, -0.15) is 0 Å². The number of fused-ring (bicyclic) bond motifs is 1. The molecule has 1 aromatic heterocycles. The highest BCUT2D eigenvalue weighted by Crippen LogP contribution is 2.45. The number of carbonyl (C=O) groups is 3. The van der Waals surface area contributed by atoms with Crippen molar-refractivity contribution in [1.82, 2.24) is 4.98 Å². The molecule has 1 N–H and O–H groups in total. The number of amides is 1. The van der Waals surface area contributed by atoms with E-state index in [-0.39, 0.29) is 22.2 Å². The van der Waals surface area contributed by atoms with Gasteiger partial charge in [0.15, 0.2) is 22.4 Å². The van der Waals surface area contributed by atoms with Crippen molar-refractivity contribution in [3.8, 4) is 17.2 Å². The molecular weight excluding hydrogens is 532 g/mol. The van der Waals surface area contributed by atoms with Crippen molar-refractivity contribution in [2.24, 2.45) is 5.92 Å². The van der Waals surface area contributed by atoms with Crippen LogP contribution in [0.5, 0.6) is 17.2 Å². The van der Waals surface area contributed by atoms with Crippen LogP contribution in [0.2, 0.25) is 0 Å². The number of carbonyl (C=O) groups excluding carboxylic acids is 3. The number of nitrogens with zero attached hydrogens (tertiary/aromatic N) is 2. The second-order valence-electron chi connectivity index (χ2n) is 10.1. The SMILES string of the molecule is CC(=O)c1sc(N2C(=O)C(=O)/C(=C(/O)c3ccc4c(c3)OCCO4)C2c2cccc(OCCC(C)C)c2)nc1C. The average molecular weight is 563 g/mol. The molecule has 10 heteroatoms. The molecule has 40 heavy (non-hydrogen) atoms. The van der Waals surface area contributed by atoms with Crippen molar-refractivity contribution < 1.29 is 33.7 Å². The van der Waals surface area contributed by atoms with Crippen LogP contribution in [-0.4, -0.2) is 47.4 Å². The summed E-state index contributed by atoms with van der Waals surface area (Å²) in [5, 5.41) is 11.7. The molecule has 0 bridgehead atoms. The van der Waals surface area contributed by atoms with Crippen molar-refractivity contribution in [3.05, 3.63) is 69.7 Å². The fourth-order valence-corrected chi connectivity index (χ4v) is 5.68. The lowest BCUT2D eigenvalue weighted by Gasteiger charge is -2.24. The summed E-state index contributed by atoms with van der Waals surface area (Å²) in [6.45, 7) is 8.59. The first-order chi connectivity index (χ1) is 19.2. The van der Waals surface area contributed by atoms with Gasteiger partial charge in [-0.15, -0.1) is 0 Å². The Hall–Kier alpha value is -4.18. The molecule has 9 nitrogen and oxygen atoms in total. The Kier molecular flexibility index (Phi) is 7.62. The second kappa shape index (κ2) is 11.1. The summed E-state index contributed by atoms with van der Waals surface area (Å²) in [7, 11) is 0. The molecule has 0 aliphatic carbocycles. The number of ether oxygens (including phenoxy) is 3. The fraction of sp³-hybridized carbons (Fsp3) is 0.333. The number of aryl methyl sites for hydroxylation is 1. The molecule has 1 amide bonds. The molecule has 2 aliphatic heterocycles. The number of hydrogen-bond acceptors (Lipinski definition) is 9. The van der Waals surface area contributed by atoms with E-state index in [1.54, 1.807) is 49.4 Å². The first kappa shape index (κ1) is 27.4. The molecule has 1 atom stereocenters. The van der Waals surface area contributed by atoms with Crippen LogP contribution < -0.4 is 19.1 Å². The Labute approximate surface area is 236 Å². The molecule has 1 unspecified atom stereocenters. The summed E-state index contributed by atoms with van der Waals surface area (Å²) in [5.74, 6) is -0.253. The van der Waals surface area contributed by atoms with Crippen LogP contribution >= 0.6 is 11.3 Å². The summed E-state index contributed by atoms with van der Waals surface area (Å²) in [4.78, 5) is 45.4. The monoisotopic (exact) mass is 562 g/mol. The van der Waals surface area contributed by atoms with Gasteiger partial charge >= 0.3 is 5.91 Å². The van der Waals surface area contributed by atoms with Gasteiger partial charge in [-0.05, 0) is 55.2 Å². The maximum atomic E-state index is 13.5. The van der Waals surface area contributed by atoms with Crippen LogP contribution in [0, 0.1) is 12.8 Å². The van der Waals surface area contributed by atoms with Crippen LogP contribution in [0.1, 0.15) is 59.7 Å². The van der Waals surface area contributed by atoms with Crippen LogP contribution in [0.15, 0.2) is 48.0 Å². The van der Waals surface area contributed by atoms with E-state index in [1.807, 2.05) is 0 Å². The molecule has 1 fully saturated rings. The highest BCUT2D eigenvalue weighted by molar-refractivity contribution is 7.18. The number of aromatic nitrogens is 1. The van der Waals surface area contributed by atoms with Crippen LogP contribution in [0.3, 0.4) is 0 Å². The van der Waals surface area contributed by atoms with E-state index in [0.29, 0.717) is 64.7 Å². The number of aliphatic hydroxyl groups is 1. The average Bonchev–Trinajstić information content (AvgIpc) is 3.44. The molecule has 0 saturated carbocycles. The maximum Gasteiger partial charge on any atom is 0.301 e. The molecule has 1 saturated heterocycles. The quantitative estimate of drug-likeness (QED) is 0.166. The summed E-state index contributed by atoms with van der Waals surface area (Å²) in [6.07, 6.45) is 0.860. The molecule has 0 spiro atoms. The molecule has 3 heterocycles. The molecule has 0 radical (unpaired) electrons. The third-order valence-corrected chi connectivity index (χ3v) is 7.97. The lowest BCUT2D eigenvalue weighted by atomic mass is 9.95. The van der Waals surface area contributed by atoms with Crippen molar-refractivity contribution in [3.63, 3.8) is 0 Å². The van der Waals surface area contributed by atoms with Crippen molar-refractivity contribution in [2.75, 3.05) is 24.7 Å². The van der Waals surface area contributed by atoms with E-state index in [1.165, 1.54) is 11.8 Å². The number of benzene rings is 2. The molecule has 208 valence electrons. The van der Waals surface area contributed by atoms with Gasteiger partial charge in [0, 0.05) is 12.5 Å². The summed E-state index contributed by atoms with van der Waals surface area (Å²) in [5.41, 5.74) is 1.22. The zero-order valence-corrected chi connectivity index (χ0v) is 23.5. The number of anilines is 1. The molecule has 5 rings (SSSR count). The molecular formula is C30H30N2O7S. The van der Waals surface area contributed by atoms with Gasteiger partial charge in [-0.1, -0.05) is 37.3 Å². The lowest BCUT2D eigenvalue weighted by Crippen LogP contribution is -2.29. The highest BCUT2D eigenvalue weighted by Gasteiger charge is 2.48. The van der Waals surface area contributed by atoms with Gasteiger partial charge < -0.3 is 19.3 Å². The van der Waals surface area contributed by atoms with Gasteiger partial charge in [0.05, 0.1) is 28.8 Å². The minimum absolute atomic E-state index is 0.0989. The predicted octanol–water partition coefficient (Wildman–Crippen LogP) is 5.48. The van der Waals surface area contributed by atoms with E-state index >= 15 is 0 Å². The zero-order chi connectivity index (χ0) is 28.6. The van der Waals surface area contributed by atoms with Gasteiger partial charge in [0.2, 0.25) is 0 Å². The van der Waals surface area contributed by atoms with Gasteiger partial charge in [-0.25, -0.2) is 4.98 Å². The number of aliphatic hydroxyl groups excluding tert-OH is 1. The van der Waals surface area contributed by atoms with E-state index in [4.69, 9.17) is 14.2 Å². The topological polar surface area (TPSA) is 115 Å². The summed E-state index contributed by atoms with van der Waals surface area (Å²) < 4.78 is 17.2. The number of Topliss-reactive ketones (excluding diaryl/α,β-unsaturated/α-hetero) is 2. The lowest BCUT2D eigenvalue weighted by molar-refractivity contribution is -0.132. The van der Waals surface area contributed by atoms with E-state index in [9.17, 15) is 19.5 Å². The van der Waals surface area contributed by atoms with Gasteiger partial charge in [0.25, 0.3) is 5.78 Å². The Morgan fingerprint density at radius 1 is 1.15 bits per heavy atom. The van der Waals surface area contributed by atoms with Crippen molar-refractivity contribution in [2.45, 2.75) is 40.2 Å². The maximum absolute atomic E-state index is 13.5. The minimum atomic E-state index is -1.01. The number of ketones is 2. The largest absolute Gasteiger partial charge is 0.507 e. The van der Waals surface area contributed by atoms with Crippen LogP contribution in [0.4, 0.5) is 5.13 Å². The first-order valence-corrected chi connectivity index (χ1v) is 13.9. The summed E-state index contributed by atoms with van der Waals surface area (Å²) in [6, 6.07) is 10.9. The first-order valence-electron chi connectivity index (χ1n) is 13.1. The molecule has 3 aromatic rings. The van der Waals surface area contributed by atoms with Crippen molar-refractivity contribution >= 4 is 39.7 Å². The van der Waals surface area contributed by atoms with Crippen LogP contribution in [0.25, 0.3) is 5.76 Å². The van der Waals surface area contributed by atoms with E-state index < -0.39 is 17.7 Å². The Balaban J connectivity index is 1.64. The third kappa shape index (κ3) is 5.19.